The van der Waals surface area contributed by atoms with Gasteiger partial charge in [-0.15, -0.1) is 0 Å². The van der Waals surface area contributed by atoms with Crippen molar-refractivity contribution >= 4 is 15.9 Å². The third kappa shape index (κ3) is 2.12. The van der Waals surface area contributed by atoms with Gasteiger partial charge in [0.1, 0.15) is 0 Å². The number of fused-ring (bicyclic) bond motifs is 1. The Bertz CT molecular complexity index is 552. The van der Waals surface area contributed by atoms with Gasteiger partial charge in [-0.2, -0.15) is 0 Å². The van der Waals surface area contributed by atoms with Gasteiger partial charge in [-0.1, -0.05) is 34.1 Å². The van der Waals surface area contributed by atoms with Gasteiger partial charge in [-0.25, -0.2) is 9.97 Å². The van der Waals surface area contributed by atoms with Crippen molar-refractivity contribution in [2.75, 3.05) is 0 Å². The largest absolute Gasteiger partial charge is 0.236 e. The lowest BCUT2D eigenvalue weighted by Gasteiger charge is -2.15. The molecule has 0 unspecified atom stereocenters. The van der Waals surface area contributed by atoms with Crippen molar-refractivity contribution in [1.82, 2.24) is 9.97 Å². The molecule has 1 heterocycles. The third-order valence-corrected chi connectivity index (χ3v) is 3.87. The van der Waals surface area contributed by atoms with Crippen molar-refractivity contribution in [2.24, 2.45) is 0 Å². The standard InChI is InChI=1S/C14H13BrN2/c15-12-7-3-2-6-11(12)14-16-9-10-5-1-4-8-13(10)17-14/h2-3,6-7,9H,1,4-5,8H2. The van der Waals surface area contributed by atoms with Gasteiger partial charge >= 0.3 is 0 Å². The van der Waals surface area contributed by atoms with Gasteiger partial charge in [0.2, 0.25) is 0 Å². The number of hydrogen-bond acceptors (Lipinski definition) is 2. The molecule has 0 saturated heterocycles. The van der Waals surface area contributed by atoms with Crippen LogP contribution >= 0.6 is 15.9 Å². The van der Waals surface area contributed by atoms with Gasteiger partial charge in [0.25, 0.3) is 0 Å². The molecule has 0 bridgehead atoms. The Balaban J connectivity index is 2.07. The second kappa shape index (κ2) is 4.57. The van der Waals surface area contributed by atoms with E-state index in [0.717, 1.165) is 28.7 Å². The molecule has 0 N–H and O–H groups in total. The van der Waals surface area contributed by atoms with Crippen LogP contribution in [-0.2, 0) is 12.8 Å². The van der Waals surface area contributed by atoms with Gasteiger partial charge in [-0.05, 0) is 37.3 Å². The first-order chi connectivity index (χ1) is 8.34. The first-order valence-corrected chi connectivity index (χ1v) is 6.73. The smallest absolute Gasteiger partial charge is 0.160 e. The number of halogens is 1. The molecule has 1 aromatic heterocycles. The van der Waals surface area contributed by atoms with Crippen LogP contribution in [0.2, 0.25) is 0 Å². The van der Waals surface area contributed by atoms with Crippen molar-refractivity contribution < 1.29 is 0 Å². The lowest BCUT2D eigenvalue weighted by Crippen LogP contribution is -2.07. The Morgan fingerprint density at radius 2 is 1.88 bits per heavy atom. The Kier molecular flexibility index (Phi) is 2.93. The van der Waals surface area contributed by atoms with Crippen LogP contribution in [0.25, 0.3) is 11.4 Å². The quantitative estimate of drug-likeness (QED) is 0.798. The second-order valence-corrected chi connectivity index (χ2v) is 5.21. The predicted molar refractivity (Wildman–Crippen MR) is 71.8 cm³/mol. The van der Waals surface area contributed by atoms with E-state index in [1.807, 2.05) is 24.4 Å². The monoisotopic (exact) mass is 288 g/mol. The van der Waals surface area contributed by atoms with Gasteiger partial charge < -0.3 is 0 Å². The van der Waals surface area contributed by atoms with E-state index in [1.165, 1.54) is 24.1 Å². The first kappa shape index (κ1) is 10.9. The zero-order valence-electron chi connectivity index (χ0n) is 9.49. The molecular weight excluding hydrogens is 276 g/mol. The first-order valence-electron chi connectivity index (χ1n) is 5.94. The fourth-order valence-electron chi connectivity index (χ4n) is 2.25. The van der Waals surface area contributed by atoms with Gasteiger partial charge in [0.05, 0.1) is 0 Å². The van der Waals surface area contributed by atoms with Crippen molar-refractivity contribution in [1.29, 1.82) is 0 Å². The molecule has 0 amide bonds. The minimum absolute atomic E-state index is 0.832. The molecule has 0 aliphatic heterocycles. The highest BCUT2D eigenvalue weighted by Gasteiger charge is 2.13. The zero-order valence-corrected chi connectivity index (χ0v) is 11.1. The summed E-state index contributed by atoms with van der Waals surface area (Å²) in [6, 6.07) is 8.10. The second-order valence-electron chi connectivity index (χ2n) is 4.35. The lowest BCUT2D eigenvalue weighted by atomic mass is 9.97. The van der Waals surface area contributed by atoms with E-state index in [4.69, 9.17) is 4.98 Å². The number of aromatic nitrogens is 2. The SMILES string of the molecule is Brc1ccccc1-c1ncc2c(n1)CCCC2. The van der Waals surface area contributed by atoms with E-state index >= 15 is 0 Å². The molecule has 2 nitrogen and oxygen atoms in total. The summed E-state index contributed by atoms with van der Waals surface area (Å²) in [6.45, 7) is 0. The molecule has 0 saturated carbocycles. The van der Waals surface area contributed by atoms with Crippen LogP contribution in [0.1, 0.15) is 24.1 Å². The van der Waals surface area contributed by atoms with E-state index < -0.39 is 0 Å². The van der Waals surface area contributed by atoms with Gasteiger partial charge in [0.15, 0.2) is 5.82 Å². The molecule has 0 radical (unpaired) electrons. The summed E-state index contributed by atoms with van der Waals surface area (Å²) < 4.78 is 1.05. The van der Waals surface area contributed by atoms with Crippen LogP contribution in [0.4, 0.5) is 0 Å². The number of nitrogens with zero attached hydrogens (tertiary/aromatic N) is 2. The summed E-state index contributed by atoms with van der Waals surface area (Å²) in [5.41, 5.74) is 3.63. The average molecular weight is 289 g/mol. The van der Waals surface area contributed by atoms with E-state index in [-0.39, 0.29) is 0 Å². The molecule has 1 aliphatic rings. The van der Waals surface area contributed by atoms with Crippen molar-refractivity contribution in [2.45, 2.75) is 25.7 Å². The van der Waals surface area contributed by atoms with Crippen LogP contribution in [-0.4, -0.2) is 9.97 Å². The average Bonchev–Trinajstić information content (AvgIpc) is 2.39. The Hall–Kier alpha value is -1.22. The topological polar surface area (TPSA) is 25.8 Å². The van der Waals surface area contributed by atoms with Crippen molar-refractivity contribution in [3.8, 4) is 11.4 Å². The molecule has 0 fully saturated rings. The number of aryl methyl sites for hydroxylation is 2. The summed E-state index contributed by atoms with van der Waals surface area (Å²) in [5.74, 6) is 0.832. The lowest BCUT2D eigenvalue weighted by molar-refractivity contribution is 0.663. The Labute approximate surface area is 109 Å². The van der Waals surface area contributed by atoms with Crippen molar-refractivity contribution in [3.63, 3.8) is 0 Å². The Morgan fingerprint density at radius 3 is 2.76 bits per heavy atom. The predicted octanol–water partition coefficient (Wildman–Crippen LogP) is 3.78. The van der Waals surface area contributed by atoms with E-state index in [2.05, 4.69) is 27.0 Å². The zero-order chi connectivity index (χ0) is 11.7. The Morgan fingerprint density at radius 1 is 1.06 bits per heavy atom. The highest BCUT2D eigenvalue weighted by Crippen LogP contribution is 2.27. The van der Waals surface area contributed by atoms with Crippen molar-refractivity contribution in [3.05, 3.63) is 46.2 Å². The molecule has 3 heteroatoms. The molecule has 1 aliphatic carbocycles. The molecule has 2 aromatic rings. The minimum atomic E-state index is 0.832. The molecular formula is C14H13BrN2. The highest BCUT2D eigenvalue weighted by atomic mass is 79.9. The van der Waals surface area contributed by atoms with Gasteiger partial charge in [-0.3, -0.25) is 0 Å². The van der Waals surface area contributed by atoms with Crippen LogP contribution < -0.4 is 0 Å². The molecule has 3 rings (SSSR count). The minimum Gasteiger partial charge on any atom is -0.236 e. The molecule has 0 spiro atoms. The van der Waals surface area contributed by atoms with E-state index in [9.17, 15) is 0 Å². The van der Waals surface area contributed by atoms with Crippen LogP contribution in [0.3, 0.4) is 0 Å². The fraction of sp³-hybridized carbons (Fsp3) is 0.286. The number of rotatable bonds is 1. The normalized spacial score (nSPS) is 14.4. The summed E-state index contributed by atoms with van der Waals surface area (Å²) in [7, 11) is 0. The molecule has 86 valence electrons. The molecule has 1 aromatic carbocycles. The summed E-state index contributed by atoms with van der Waals surface area (Å²) in [4.78, 5) is 9.19. The number of benzene rings is 1. The third-order valence-electron chi connectivity index (χ3n) is 3.18. The van der Waals surface area contributed by atoms with Gasteiger partial charge in [0, 0.05) is 21.9 Å². The van der Waals surface area contributed by atoms with Crippen LogP contribution in [0.15, 0.2) is 34.9 Å². The summed E-state index contributed by atoms with van der Waals surface area (Å²) in [6.07, 6.45) is 6.74. The maximum atomic E-state index is 4.70. The van der Waals surface area contributed by atoms with Crippen LogP contribution in [0, 0.1) is 0 Å². The fourth-order valence-corrected chi connectivity index (χ4v) is 2.71. The van der Waals surface area contributed by atoms with E-state index in [0.29, 0.717) is 0 Å². The maximum Gasteiger partial charge on any atom is 0.160 e. The van der Waals surface area contributed by atoms with E-state index in [1.54, 1.807) is 0 Å². The summed E-state index contributed by atoms with van der Waals surface area (Å²) >= 11 is 3.55. The maximum absolute atomic E-state index is 4.70. The highest BCUT2D eigenvalue weighted by molar-refractivity contribution is 9.10. The van der Waals surface area contributed by atoms with Crippen LogP contribution in [0.5, 0.6) is 0 Å². The molecule has 0 atom stereocenters. The molecule has 17 heavy (non-hydrogen) atoms. The number of hydrogen-bond donors (Lipinski definition) is 0. The summed E-state index contributed by atoms with van der Waals surface area (Å²) in [5, 5.41) is 0.